The predicted octanol–water partition coefficient (Wildman–Crippen LogP) is -0.698. The van der Waals surface area contributed by atoms with Crippen molar-refractivity contribution in [3.63, 3.8) is 0 Å². The molecule has 0 amide bonds. The average molecular weight is 202 g/mol. The maximum Gasteiger partial charge on any atom is 0.346 e. The van der Waals surface area contributed by atoms with Crippen LogP contribution in [0.3, 0.4) is 0 Å². The number of ether oxygens (including phenoxy) is 1. The molecule has 78 valence electrons. The average Bonchev–Trinajstić information content (AvgIpc) is 2.28. The van der Waals surface area contributed by atoms with Crippen LogP contribution in [0.1, 0.15) is 19.8 Å². The lowest BCUT2D eigenvalue weighted by molar-refractivity contribution is -0.159. The number of esters is 2. The van der Waals surface area contributed by atoms with Gasteiger partial charge in [-0.15, -0.1) is 0 Å². The van der Waals surface area contributed by atoms with E-state index in [4.69, 9.17) is 5.11 Å². The van der Waals surface area contributed by atoms with Gasteiger partial charge in [-0.25, -0.2) is 4.79 Å². The van der Waals surface area contributed by atoms with Gasteiger partial charge >= 0.3 is 17.9 Å². The number of carbonyl (C=O) groups is 3. The van der Waals surface area contributed by atoms with Gasteiger partial charge in [-0.2, -0.15) is 0 Å². The van der Waals surface area contributed by atoms with E-state index in [1.165, 1.54) is 6.92 Å². The number of cyclic esters (lactones) is 2. The van der Waals surface area contributed by atoms with Gasteiger partial charge in [0.2, 0.25) is 0 Å². The minimum Gasteiger partial charge on any atom is -0.481 e. The lowest BCUT2D eigenvalue weighted by Gasteiger charge is -2.19. The maximum atomic E-state index is 11.0. The van der Waals surface area contributed by atoms with E-state index in [1.807, 2.05) is 0 Å². The monoisotopic (exact) mass is 202 g/mol. The molecule has 6 nitrogen and oxygen atoms in total. The van der Waals surface area contributed by atoms with Crippen LogP contribution in [0.5, 0.6) is 0 Å². The Labute approximate surface area is 79.5 Å². The van der Waals surface area contributed by atoms with Crippen molar-refractivity contribution in [2.24, 2.45) is 5.92 Å². The summed E-state index contributed by atoms with van der Waals surface area (Å²) in [6.07, 6.45) is -0.697. The largest absolute Gasteiger partial charge is 0.481 e. The number of carboxylic acids is 1. The first-order valence-corrected chi connectivity index (χ1v) is 4.08. The molecule has 1 aliphatic heterocycles. The van der Waals surface area contributed by atoms with Gasteiger partial charge in [0.1, 0.15) is 0 Å². The lowest BCUT2D eigenvalue weighted by Crippen LogP contribution is -2.40. The zero-order valence-corrected chi connectivity index (χ0v) is 7.52. The van der Waals surface area contributed by atoms with Gasteiger partial charge in [0, 0.05) is 6.42 Å². The fraction of sp³-hybridized carbons (Fsp3) is 0.625. The highest BCUT2D eigenvalue weighted by molar-refractivity contribution is 6.00. The van der Waals surface area contributed by atoms with Crippen LogP contribution in [0, 0.1) is 5.92 Å². The van der Waals surface area contributed by atoms with Crippen LogP contribution < -0.4 is 0 Å². The van der Waals surface area contributed by atoms with Crippen LogP contribution in [-0.4, -0.2) is 33.7 Å². The molecule has 1 aliphatic rings. The third-order valence-corrected chi connectivity index (χ3v) is 2.34. The van der Waals surface area contributed by atoms with Gasteiger partial charge in [0.25, 0.3) is 0 Å². The zero-order chi connectivity index (χ0) is 10.9. The summed E-state index contributed by atoms with van der Waals surface area (Å²) in [7, 11) is 0. The molecule has 0 radical (unpaired) electrons. The fourth-order valence-electron chi connectivity index (χ4n) is 1.26. The van der Waals surface area contributed by atoms with Gasteiger partial charge in [-0.3, -0.25) is 9.59 Å². The molecule has 2 atom stereocenters. The highest BCUT2D eigenvalue weighted by Gasteiger charge is 2.54. The van der Waals surface area contributed by atoms with Crippen LogP contribution in [0.2, 0.25) is 0 Å². The van der Waals surface area contributed by atoms with E-state index in [1.54, 1.807) is 0 Å². The molecule has 1 rings (SSSR count). The molecule has 0 spiro atoms. The standard InChI is InChI=1S/C8H10O6/c1-4-6(11)14-7(12)8(4,13)3-2-5(9)10/h4,13H,2-3H2,1H3,(H,9,10). The Bertz CT molecular complexity index is 296. The summed E-state index contributed by atoms with van der Waals surface area (Å²) in [5, 5.41) is 18.1. The lowest BCUT2D eigenvalue weighted by atomic mass is 9.87. The van der Waals surface area contributed by atoms with Gasteiger partial charge in [0.15, 0.2) is 5.60 Å². The highest BCUT2D eigenvalue weighted by atomic mass is 16.6. The highest BCUT2D eigenvalue weighted by Crippen LogP contribution is 2.31. The Morgan fingerprint density at radius 3 is 2.50 bits per heavy atom. The molecular formula is C8H10O6. The Hall–Kier alpha value is -1.43. The van der Waals surface area contributed by atoms with E-state index in [2.05, 4.69) is 4.74 Å². The normalized spacial score (nSPS) is 31.7. The first-order chi connectivity index (χ1) is 6.38. The summed E-state index contributed by atoms with van der Waals surface area (Å²) < 4.78 is 4.20. The summed E-state index contributed by atoms with van der Waals surface area (Å²) in [6, 6.07) is 0. The number of hydrogen-bond acceptors (Lipinski definition) is 5. The molecule has 0 aliphatic carbocycles. The second kappa shape index (κ2) is 3.38. The molecule has 1 heterocycles. The van der Waals surface area contributed by atoms with E-state index < -0.39 is 29.4 Å². The van der Waals surface area contributed by atoms with Gasteiger partial charge in [-0.05, 0) is 13.3 Å². The van der Waals surface area contributed by atoms with Crippen molar-refractivity contribution in [2.75, 3.05) is 0 Å². The summed E-state index contributed by atoms with van der Waals surface area (Å²) in [5.41, 5.74) is -1.98. The minimum atomic E-state index is -1.98. The van der Waals surface area contributed by atoms with Crippen molar-refractivity contribution < 1.29 is 29.3 Å². The van der Waals surface area contributed by atoms with E-state index in [0.717, 1.165) is 0 Å². The van der Waals surface area contributed by atoms with Crippen molar-refractivity contribution in [3.8, 4) is 0 Å². The summed E-state index contributed by atoms with van der Waals surface area (Å²) in [6.45, 7) is 1.33. The molecule has 1 saturated heterocycles. The number of rotatable bonds is 3. The SMILES string of the molecule is CC1C(=O)OC(=O)C1(O)CCC(=O)O. The topological polar surface area (TPSA) is 101 Å². The van der Waals surface area contributed by atoms with E-state index >= 15 is 0 Å². The fourth-order valence-corrected chi connectivity index (χ4v) is 1.26. The number of aliphatic hydroxyl groups is 1. The molecule has 2 unspecified atom stereocenters. The van der Waals surface area contributed by atoms with Crippen molar-refractivity contribution in [3.05, 3.63) is 0 Å². The van der Waals surface area contributed by atoms with Crippen LogP contribution >= 0.6 is 0 Å². The van der Waals surface area contributed by atoms with Gasteiger partial charge < -0.3 is 14.9 Å². The first kappa shape index (κ1) is 10.6. The Morgan fingerprint density at radius 1 is 1.57 bits per heavy atom. The summed E-state index contributed by atoms with van der Waals surface area (Å²) in [4.78, 5) is 32.2. The van der Waals surface area contributed by atoms with Gasteiger partial charge in [0.05, 0.1) is 5.92 Å². The minimum absolute atomic E-state index is 0.311. The molecule has 0 aromatic rings. The number of carboxylic acid groups (broad SMARTS) is 1. The Balaban J connectivity index is 2.76. The third-order valence-electron chi connectivity index (χ3n) is 2.34. The molecule has 6 heteroatoms. The van der Waals surface area contributed by atoms with Crippen LogP contribution in [0.15, 0.2) is 0 Å². The smallest absolute Gasteiger partial charge is 0.346 e. The first-order valence-electron chi connectivity index (χ1n) is 4.08. The number of hydrogen-bond donors (Lipinski definition) is 2. The summed E-state index contributed by atoms with van der Waals surface area (Å²) >= 11 is 0. The zero-order valence-electron chi connectivity index (χ0n) is 7.52. The maximum absolute atomic E-state index is 11.0. The Kier molecular flexibility index (Phi) is 2.57. The predicted molar refractivity (Wildman–Crippen MR) is 42.1 cm³/mol. The van der Waals surface area contributed by atoms with E-state index in [9.17, 15) is 19.5 Å². The number of aliphatic carboxylic acids is 1. The van der Waals surface area contributed by atoms with E-state index in [0.29, 0.717) is 0 Å². The molecular weight excluding hydrogens is 192 g/mol. The van der Waals surface area contributed by atoms with Crippen LogP contribution in [0.25, 0.3) is 0 Å². The molecule has 1 fully saturated rings. The quantitative estimate of drug-likeness (QED) is 0.463. The van der Waals surface area contributed by atoms with Gasteiger partial charge in [-0.1, -0.05) is 0 Å². The van der Waals surface area contributed by atoms with Crippen LogP contribution in [-0.2, 0) is 19.1 Å². The molecule has 0 bridgehead atoms. The molecule has 2 N–H and O–H groups in total. The Morgan fingerprint density at radius 2 is 2.14 bits per heavy atom. The van der Waals surface area contributed by atoms with Crippen LogP contribution in [0.4, 0.5) is 0 Å². The van der Waals surface area contributed by atoms with Crippen molar-refractivity contribution >= 4 is 17.9 Å². The van der Waals surface area contributed by atoms with E-state index in [-0.39, 0.29) is 12.8 Å². The molecule has 0 saturated carbocycles. The number of carbonyl (C=O) groups excluding carboxylic acids is 2. The third kappa shape index (κ3) is 1.60. The second-order valence-corrected chi connectivity index (χ2v) is 3.25. The summed E-state index contributed by atoms with van der Waals surface area (Å²) in [5.74, 6) is -4.02. The molecule has 14 heavy (non-hydrogen) atoms. The molecule has 0 aromatic heterocycles. The molecule has 0 aromatic carbocycles. The van der Waals surface area contributed by atoms with Crippen molar-refractivity contribution in [2.45, 2.75) is 25.4 Å². The van der Waals surface area contributed by atoms with Crippen molar-refractivity contribution in [1.82, 2.24) is 0 Å². The van der Waals surface area contributed by atoms with Crippen molar-refractivity contribution in [1.29, 1.82) is 0 Å². The second-order valence-electron chi connectivity index (χ2n) is 3.25.